The van der Waals surface area contributed by atoms with Gasteiger partial charge in [-0.05, 0) is 28.1 Å². The van der Waals surface area contributed by atoms with E-state index in [4.69, 9.17) is 0 Å². The van der Waals surface area contributed by atoms with E-state index in [1.54, 1.807) is 23.2 Å². The number of hydrogen-bond donors (Lipinski definition) is 0. The number of halogens is 1. The molecular weight excluding hydrogens is 258 g/mol. The monoisotopic (exact) mass is 265 g/mol. The highest BCUT2D eigenvalue weighted by atomic mass is 79.9. The van der Waals surface area contributed by atoms with Gasteiger partial charge in [0.05, 0.1) is 18.4 Å². The van der Waals surface area contributed by atoms with Crippen molar-refractivity contribution in [1.82, 2.24) is 14.5 Å². The highest BCUT2D eigenvalue weighted by Gasteiger charge is 1.98. The van der Waals surface area contributed by atoms with Crippen molar-refractivity contribution < 1.29 is 0 Å². The van der Waals surface area contributed by atoms with E-state index in [0.717, 1.165) is 10.2 Å². The Hall–Kier alpha value is -1.49. The number of hydrogen-bond acceptors (Lipinski definition) is 3. The van der Waals surface area contributed by atoms with Crippen LogP contribution in [0.3, 0.4) is 0 Å². The zero-order valence-corrected chi connectivity index (χ0v) is 9.39. The molecule has 0 radical (unpaired) electrons. The highest BCUT2D eigenvalue weighted by Crippen LogP contribution is 2.07. The van der Waals surface area contributed by atoms with Gasteiger partial charge in [-0.25, -0.2) is 0 Å². The van der Waals surface area contributed by atoms with Crippen LogP contribution < -0.4 is 5.56 Å². The Labute approximate surface area is 94.8 Å². The Morgan fingerprint density at radius 1 is 1.33 bits per heavy atom. The van der Waals surface area contributed by atoms with Gasteiger partial charge < -0.3 is 4.57 Å². The number of aromatic nitrogens is 3. The molecule has 0 saturated heterocycles. The molecule has 4 nitrogen and oxygen atoms in total. The van der Waals surface area contributed by atoms with E-state index < -0.39 is 0 Å². The molecule has 0 amide bonds. The molecule has 5 heteroatoms. The maximum absolute atomic E-state index is 11.4. The van der Waals surface area contributed by atoms with E-state index >= 15 is 0 Å². The lowest BCUT2D eigenvalue weighted by molar-refractivity contribution is 0.729. The van der Waals surface area contributed by atoms with Crippen LogP contribution >= 0.6 is 15.9 Å². The fourth-order valence-electron chi connectivity index (χ4n) is 1.18. The van der Waals surface area contributed by atoms with Gasteiger partial charge in [-0.1, -0.05) is 0 Å². The number of pyridine rings is 1. The molecule has 0 atom stereocenters. The molecule has 15 heavy (non-hydrogen) atoms. The fourth-order valence-corrected chi connectivity index (χ4v) is 1.41. The van der Waals surface area contributed by atoms with Crippen LogP contribution in [0.25, 0.3) is 0 Å². The molecule has 0 aliphatic carbocycles. The third kappa shape index (κ3) is 2.50. The summed E-state index contributed by atoms with van der Waals surface area (Å²) in [6.45, 7) is 0.467. The molecule has 0 bridgehead atoms. The average molecular weight is 266 g/mol. The van der Waals surface area contributed by atoms with Crippen molar-refractivity contribution in [2.45, 2.75) is 6.54 Å². The molecule has 2 aromatic heterocycles. The Morgan fingerprint density at radius 3 is 2.87 bits per heavy atom. The Bertz CT molecular complexity index is 507. The van der Waals surface area contributed by atoms with E-state index in [2.05, 4.69) is 25.9 Å². The van der Waals surface area contributed by atoms with Crippen LogP contribution in [-0.4, -0.2) is 14.5 Å². The van der Waals surface area contributed by atoms with Crippen LogP contribution in [0.4, 0.5) is 0 Å². The van der Waals surface area contributed by atoms with Crippen LogP contribution in [0.15, 0.2) is 46.2 Å². The van der Waals surface area contributed by atoms with Gasteiger partial charge in [-0.2, -0.15) is 0 Å². The second-order valence-electron chi connectivity index (χ2n) is 3.01. The van der Waals surface area contributed by atoms with E-state index in [-0.39, 0.29) is 5.56 Å². The first-order valence-electron chi connectivity index (χ1n) is 4.36. The van der Waals surface area contributed by atoms with Crippen molar-refractivity contribution in [3.05, 3.63) is 57.4 Å². The van der Waals surface area contributed by atoms with Gasteiger partial charge in [0.15, 0.2) is 0 Å². The number of nitrogens with zero attached hydrogens (tertiary/aromatic N) is 3. The van der Waals surface area contributed by atoms with E-state index in [1.807, 2.05) is 12.1 Å². The molecule has 0 aliphatic heterocycles. The summed E-state index contributed by atoms with van der Waals surface area (Å²) in [6, 6.07) is 3.77. The first-order valence-corrected chi connectivity index (χ1v) is 5.16. The summed E-state index contributed by atoms with van der Waals surface area (Å²) in [4.78, 5) is 19.3. The van der Waals surface area contributed by atoms with Gasteiger partial charge in [-0.15, -0.1) is 0 Å². The second kappa shape index (κ2) is 4.35. The third-order valence-corrected chi connectivity index (χ3v) is 2.39. The van der Waals surface area contributed by atoms with Crippen molar-refractivity contribution in [2.75, 3.05) is 0 Å². The summed E-state index contributed by atoms with van der Waals surface area (Å²) >= 11 is 3.30. The van der Waals surface area contributed by atoms with Gasteiger partial charge in [0, 0.05) is 23.1 Å². The molecule has 0 N–H and O–H groups in total. The molecule has 76 valence electrons. The largest absolute Gasteiger partial charge is 0.307 e. The molecule has 2 aromatic rings. The van der Waals surface area contributed by atoms with E-state index in [1.165, 1.54) is 6.20 Å². The summed E-state index contributed by atoms with van der Waals surface area (Å²) < 4.78 is 2.48. The summed E-state index contributed by atoms with van der Waals surface area (Å²) in [5, 5.41) is 0. The molecule has 2 rings (SSSR count). The molecule has 0 unspecified atom stereocenters. The van der Waals surface area contributed by atoms with Gasteiger partial charge in [0.2, 0.25) is 0 Å². The van der Waals surface area contributed by atoms with Crippen molar-refractivity contribution in [3.8, 4) is 0 Å². The predicted molar refractivity (Wildman–Crippen MR) is 59.5 cm³/mol. The normalized spacial score (nSPS) is 10.2. The minimum atomic E-state index is -0.123. The lowest BCUT2D eigenvalue weighted by atomic mass is 10.3. The summed E-state index contributed by atoms with van der Waals surface area (Å²) in [7, 11) is 0. The summed E-state index contributed by atoms with van der Waals surface area (Å²) in [6.07, 6.45) is 6.23. The first kappa shape index (κ1) is 10.0. The quantitative estimate of drug-likeness (QED) is 0.826. The maximum Gasteiger partial charge on any atom is 0.269 e. The van der Waals surface area contributed by atoms with Gasteiger partial charge >= 0.3 is 0 Å². The molecular formula is C10H8BrN3O. The highest BCUT2D eigenvalue weighted by molar-refractivity contribution is 9.10. The average Bonchev–Trinajstić information content (AvgIpc) is 2.25. The minimum absolute atomic E-state index is 0.123. The lowest BCUT2D eigenvalue weighted by Gasteiger charge is -2.03. The van der Waals surface area contributed by atoms with E-state index in [0.29, 0.717) is 6.54 Å². The lowest BCUT2D eigenvalue weighted by Crippen LogP contribution is -2.19. The van der Waals surface area contributed by atoms with Gasteiger partial charge in [-0.3, -0.25) is 14.8 Å². The molecule has 0 aliphatic rings. The molecule has 0 fully saturated rings. The number of rotatable bonds is 2. The zero-order valence-electron chi connectivity index (χ0n) is 7.80. The summed E-state index contributed by atoms with van der Waals surface area (Å²) in [5.74, 6) is 0. The van der Waals surface area contributed by atoms with Crippen LogP contribution in [0.5, 0.6) is 0 Å². The second-order valence-corrected chi connectivity index (χ2v) is 3.93. The molecule has 0 spiro atoms. The Balaban J connectivity index is 2.26. The first-order chi connectivity index (χ1) is 7.25. The standard InChI is InChI=1S/C10H8BrN3O/c11-8-1-2-9(13-5-8)7-14-4-3-12-6-10(14)15/h1-6H,7H2. The van der Waals surface area contributed by atoms with Crippen LogP contribution in [0.2, 0.25) is 0 Å². The maximum atomic E-state index is 11.4. The summed E-state index contributed by atoms with van der Waals surface area (Å²) in [5.41, 5.74) is 0.716. The van der Waals surface area contributed by atoms with Crippen LogP contribution in [0.1, 0.15) is 5.69 Å². The minimum Gasteiger partial charge on any atom is -0.307 e. The van der Waals surface area contributed by atoms with Crippen molar-refractivity contribution in [2.24, 2.45) is 0 Å². The SMILES string of the molecule is O=c1cnccn1Cc1ccc(Br)cn1. The van der Waals surface area contributed by atoms with E-state index in [9.17, 15) is 4.79 Å². The Kier molecular flexibility index (Phi) is 2.91. The predicted octanol–water partition coefficient (Wildman–Crippen LogP) is 1.45. The van der Waals surface area contributed by atoms with Crippen LogP contribution in [-0.2, 0) is 6.54 Å². The topological polar surface area (TPSA) is 47.8 Å². The fraction of sp³-hybridized carbons (Fsp3) is 0.100. The molecule has 0 saturated carbocycles. The van der Waals surface area contributed by atoms with Crippen LogP contribution in [0, 0.1) is 0 Å². The molecule has 2 heterocycles. The van der Waals surface area contributed by atoms with Crippen molar-refractivity contribution in [1.29, 1.82) is 0 Å². The smallest absolute Gasteiger partial charge is 0.269 e. The Morgan fingerprint density at radius 2 is 2.20 bits per heavy atom. The van der Waals surface area contributed by atoms with Crippen molar-refractivity contribution in [3.63, 3.8) is 0 Å². The third-order valence-electron chi connectivity index (χ3n) is 1.92. The van der Waals surface area contributed by atoms with Gasteiger partial charge in [0.1, 0.15) is 0 Å². The van der Waals surface area contributed by atoms with Gasteiger partial charge in [0.25, 0.3) is 5.56 Å². The van der Waals surface area contributed by atoms with Crippen molar-refractivity contribution >= 4 is 15.9 Å². The molecule has 0 aromatic carbocycles. The zero-order chi connectivity index (χ0) is 10.7.